The zero-order valence-corrected chi connectivity index (χ0v) is 14.4. The van der Waals surface area contributed by atoms with Crippen molar-refractivity contribution in [2.75, 3.05) is 0 Å². The Morgan fingerprint density at radius 3 is 2.19 bits per heavy atom. The van der Waals surface area contributed by atoms with Gasteiger partial charge in [0.2, 0.25) is 0 Å². The molecule has 0 aromatic heterocycles. The van der Waals surface area contributed by atoms with E-state index in [-0.39, 0.29) is 6.42 Å². The highest BCUT2D eigenvalue weighted by atomic mass is 16.4. The standard InChI is InChI=1S/C21H20O5/c1-14-7-6-10-17(11-14)18(22)13-21(20(25)26,15(2)19(23)24)12-16-8-4-3-5-9-16/h3-11H,2,12-13H2,1H3,(H,23,24)(H,25,26)/p-2. The number of hydrogen-bond acceptors (Lipinski definition) is 5. The Morgan fingerprint density at radius 2 is 1.65 bits per heavy atom. The first-order valence-corrected chi connectivity index (χ1v) is 8.02. The fourth-order valence-corrected chi connectivity index (χ4v) is 2.88. The number of aryl methyl sites for hydroxylation is 1. The lowest BCUT2D eigenvalue weighted by molar-refractivity contribution is -0.321. The summed E-state index contributed by atoms with van der Waals surface area (Å²) >= 11 is 0. The summed E-state index contributed by atoms with van der Waals surface area (Å²) in [7, 11) is 0. The van der Waals surface area contributed by atoms with E-state index in [1.54, 1.807) is 61.5 Å². The summed E-state index contributed by atoms with van der Waals surface area (Å²) in [6.07, 6.45) is -0.818. The normalized spacial score (nSPS) is 12.8. The highest BCUT2D eigenvalue weighted by Crippen LogP contribution is 2.35. The van der Waals surface area contributed by atoms with Gasteiger partial charge in [0.15, 0.2) is 5.78 Å². The van der Waals surface area contributed by atoms with Crippen molar-refractivity contribution in [3.8, 4) is 0 Å². The van der Waals surface area contributed by atoms with Crippen molar-refractivity contribution in [2.24, 2.45) is 5.41 Å². The summed E-state index contributed by atoms with van der Waals surface area (Å²) in [5, 5.41) is 23.4. The predicted molar refractivity (Wildman–Crippen MR) is 91.9 cm³/mol. The van der Waals surface area contributed by atoms with Crippen molar-refractivity contribution in [2.45, 2.75) is 19.8 Å². The minimum atomic E-state index is -2.10. The van der Waals surface area contributed by atoms with Gasteiger partial charge in [0, 0.05) is 17.4 Å². The molecule has 2 aromatic rings. The molecule has 0 saturated carbocycles. The number of benzene rings is 2. The van der Waals surface area contributed by atoms with Crippen LogP contribution in [0.4, 0.5) is 0 Å². The summed E-state index contributed by atoms with van der Waals surface area (Å²) in [6.45, 7) is 5.17. The first kappa shape index (κ1) is 19.1. The Kier molecular flexibility index (Phi) is 5.72. The fraction of sp³-hybridized carbons (Fsp3) is 0.190. The molecule has 5 nitrogen and oxygen atoms in total. The van der Waals surface area contributed by atoms with Crippen LogP contribution in [0.2, 0.25) is 0 Å². The average Bonchev–Trinajstić information content (AvgIpc) is 2.61. The predicted octanol–water partition coefficient (Wildman–Crippen LogP) is 0.853. The number of carboxylic acids is 2. The molecule has 0 fully saturated rings. The number of ketones is 1. The molecule has 1 unspecified atom stereocenters. The molecular weight excluding hydrogens is 332 g/mol. The van der Waals surface area contributed by atoms with E-state index in [1.165, 1.54) is 0 Å². The molecular formula is C21H18O5-2. The first-order chi connectivity index (χ1) is 12.3. The highest BCUT2D eigenvalue weighted by molar-refractivity contribution is 6.03. The van der Waals surface area contributed by atoms with Crippen LogP contribution in [0.3, 0.4) is 0 Å². The number of rotatable bonds is 8. The largest absolute Gasteiger partial charge is 0.549 e. The second kappa shape index (κ2) is 7.78. The van der Waals surface area contributed by atoms with Crippen LogP contribution in [0.15, 0.2) is 66.7 Å². The third-order valence-corrected chi connectivity index (χ3v) is 4.37. The Morgan fingerprint density at radius 1 is 1.00 bits per heavy atom. The molecule has 0 heterocycles. The molecule has 0 radical (unpaired) electrons. The first-order valence-electron chi connectivity index (χ1n) is 8.02. The number of Topliss-reactive ketones (excluding diaryl/α,β-unsaturated/α-hetero) is 1. The smallest absolute Gasteiger partial charge is 0.164 e. The van der Waals surface area contributed by atoms with E-state index in [2.05, 4.69) is 6.58 Å². The Labute approximate surface area is 151 Å². The van der Waals surface area contributed by atoms with Crippen LogP contribution in [0.25, 0.3) is 0 Å². The molecule has 0 aliphatic rings. The average molecular weight is 350 g/mol. The summed E-state index contributed by atoms with van der Waals surface area (Å²) in [5.41, 5.74) is -1.09. The van der Waals surface area contributed by atoms with Gasteiger partial charge < -0.3 is 19.8 Å². The summed E-state index contributed by atoms with van der Waals surface area (Å²) < 4.78 is 0. The van der Waals surface area contributed by atoms with Gasteiger partial charge in [0.05, 0.1) is 11.9 Å². The van der Waals surface area contributed by atoms with Crippen molar-refractivity contribution in [1.82, 2.24) is 0 Å². The Hall–Kier alpha value is -3.21. The van der Waals surface area contributed by atoms with Gasteiger partial charge in [0.25, 0.3) is 0 Å². The van der Waals surface area contributed by atoms with E-state index >= 15 is 0 Å². The number of carbonyl (C=O) groups excluding carboxylic acids is 3. The van der Waals surface area contributed by atoms with Gasteiger partial charge in [-0.25, -0.2) is 0 Å². The third kappa shape index (κ3) is 4.06. The number of hydrogen-bond donors (Lipinski definition) is 0. The van der Waals surface area contributed by atoms with Crippen molar-refractivity contribution in [3.05, 3.63) is 83.4 Å². The molecule has 0 amide bonds. The lowest BCUT2D eigenvalue weighted by Gasteiger charge is -2.37. The maximum absolute atomic E-state index is 12.7. The van der Waals surface area contributed by atoms with Crippen molar-refractivity contribution >= 4 is 17.7 Å². The van der Waals surface area contributed by atoms with E-state index < -0.39 is 35.1 Å². The zero-order valence-electron chi connectivity index (χ0n) is 14.4. The molecule has 0 spiro atoms. The van der Waals surface area contributed by atoms with E-state index in [4.69, 9.17) is 0 Å². The molecule has 2 rings (SSSR count). The monoisotopic (exact) mass is 350 g/mol. The fourth-order valence-electron chi connectivity index (χ4n) is 2.88. The molecule has 26 heavy (non-hydrogen) atoms. The lowest BCUT2D eigenvalue weighted by Crippen LogP contribution is -2.50. The maximum atomic E-state index is 12.7. The lowest BCUT2D eigenvalue weighted by atomic mass is 9.71. The maximum Gasteiger partial charge on any atom is 0.164 e. The van der Waals surface area contributed by atoms with E-state index in [0.717, 1.165) is 5.56 Å². The quantitative estimate of drug-likeness (QED) is 0.519. The summed E-state index contributed by atoms with van der Waals surface area (Å²) in [4.78, 5) is 36.1. The van der Waals surface area contributed by atoms with Crippen molar-refractivity contribution < 1.29 is 24.6 Å². The van der Waals surface area contributed by atoms with Crippen LogP contribution in [0.1, 0.15) is 27.9 Å². The Bertz CT molecular complexity index is 854. The second-order valence-electron chi connectivity index (χ2n) is 6.27. The SMILES string of the molecule is C=C(C(=O)[O-])C(CC(=O)c1cccc(C)c1)(Cc1ccccc1)C(=O)[O-]. The van der Waals surface area contributed by atoms with Gasteiger partial charge in [0.1, 0.15) is 0 Å². The van der Waals surface area contributed by atoms with Gasteiger partial charge in [-0.05, 0) is 30.5 Å². The van der Waals surface area contributed by atoms with Gasteiger partial charge in [-0.2, -0.15) is 0 Å². The van der Waals surface area contributed by atoms with Gasteiger partial charge >= 0.3 is 0 Å². The van der Waals surface area contributed by atoms with Crippen molar-refractivity contribution in [1.29, 1.82) is 0 Å². The van der Waals surface area contributed by atoms with Gasteiger partial charge in [-0.3, -0.25) is 4.79 Å². The molecule has 5 heteroatoms. The minimum Gasteiger partial charge on any atom is -0.549 e. The van der Waals surface area contributed by atoms with Crippen LogP contribution < -0.4 is 10.2 Å². The van der Waals surface area contributed by atoms with Crippen LogP contribution in [-0.2, 0) is 16.0 Å². The molecule has 0 bridgehead atoms. The number of carbonyl (C=O) groups is 3. The van der Waals surface area contributed by atoms with Crippen LogP contribution in [0.5, 0.6) is 0 Å². The third-order valence-electron chi connectivity index (χ3n) is 4.37. The molecule has 134 valence electrons. The second-order valence-corrected chi connectivity index (χ2v) is 6.27. The number of carboxylic acid groups (broad SMARTS) is 2. The molecule has 2 aromatic carbocycles. The van der Waals surface area contributed by atoms with E-state index in [1.807, 2.05) is 0 Å². The van der Waals surface area contributed by atoms with Crippen LogP contribution in [-0.4, -0.2) is 17.7 Å². The molecule has 0 N–H and O–H groups in total. The highest BCUT2D eigenvalue weighted by Gasteiger charge is 2.38. The summed E-state index contributed by atoms with van der Waals surface area (Å²) in [6, 6.07) is 15.1. The molecule has 0 aliphatic carbocycles. The Balaban J connectivity index is 2.48. The van der Waals surface area contributed by atoms with Crippen molar-refractivity contribution in [3.63, 3.8) is 0 Å². The molecule has 1 atom stereocenters. The summed E-state index contributed by atoms with van der Waals surface area (Å²) in [5.74, 6) is -3.89. The van der Waals surface area contributed by atoms with Gasteiger partial charge in [-0.15, -0.1) is 0 Å². The molecule has 0 saturated heterocycles. The topological polar surface area (TPSA) is 97.3 Å². The van der Waals surface area contributed by atoms with Gasteiger partial charge in [-0.1, -0.05) is 60.7 Å². The minimum absolute atomic E-state index is 0.236. The van der Waals surface area contributed by atoms with E-state index in [0.29, 0.717) is 11.1 Å². The molecule has 0 aliphatic heterocycles. The number of aliphatic carboxylic acids is 2. The zero-order chi connectivity index (χ0) is 19.3. The van der Waals surface area contributed by atoms with E-state index in [9.17, 15) is 24.6 Å². The van der Waals surface area contributed by atoms with Crippen LogP contribution in [0, 0.1) is 12.3 Å². The van der Waals surface area contributed by atoms with Crippen LogP contribution >= 0.6 is 0 Å².